The van der Waals surface area contributed by atoms with Gasteiger partial charge in [0, 0.05) is 5.38 Å². The van der Waals surface area contributed by atoms with Crippen LogP contribution in [0, 0.1) is 0 Å². The molecule has 0 bridgehead atoms. The molecule has 0 aliphatic rings. The summed E-state index contributed by atoms with van der Waals surface area (Å²) in [6.07, 6.45) is 1.58. The Hall–Kier alpha value is -1.34. The van der Waals surface area contributed by atoms with Crippen LogP contribution >= 0.6 is 23.1 Å². The minimum atomic E-state index is -0.861. The van der Waals surface area contributed by atoms with E-state index in [2.05, 4.69) is 10.2 Å². The van der Waals surface area contributed by atoms with Crippen molar-refractivity contribution in [2.24, 2.45) is 0 Å². The summed E-state index contributed by atoms with van der Waals surface area (Å²) in [6, 6.07) is 1.93. The molecule has 0 radical (unpaired) electrons. The van der Waals surface area contributed by atoms with Gasteiger partial charge in [-0.2, -0.15) is 11.3 Å². The number of hydrogen-bond acceptors (Lipinski definition) is 5. The standard InChI is InChI=1S/C8H7N3O2S2/c12-7(13)4-15-8-10-9-5-11(8)6-1-2-14-3-6/h1-3,5H,4H2,(H,12,13). The first-order valence-electron chi connectivity index (χ1n) is 4.04. The average Bonchev–Trinajstić information content (AvgIpc) is 2.85. The molecule has 0 fully saturated rings. The molecule has 78 valence electrons. The summed E-state index contributed by atoms with van der Waals surface area (Å²) in [5.41, 5.74) is 0.956. The van der Waals surface area contributed by atoms with E-state index in [1.165, 1.54) is 0 Å². The number of rotatable bonds is 4. The number of thiophene rings is 1. The maximum Gasteiger partial charge on any atom is 0.313 e. The van der Waals surface area contributed by atoms with Gasteiger partial charge in [-0.15, -0.1) is 10.2 Å². The van der Waals surface area contributed by atoms with Crippen molar-refractivity contribution in [2.45, 2.75) is 5.16 Å². The normalized spacial score (nSPS) is 10.4. The summed E-state index contributed by atoms with van der Waals surface area (Å²) < 4.78 is 1.77. The van der Waals surface area contributed by atoms with Crippen LogP contribution in [-0.4, -0.2) is 31.6 Å². The van der Waals surface area contributed by atoms with Gasteiger partial charge in [0.25, 0.3) is 0 Å². The summed E-state index contributed by atoms with van der Waals surface area (Å²) in [5.74, 6) is -0.872. The van der Waals surface area contributed by atoms with E-state index in [-0.39, 0.29) is 5.75 Å². The van der Waals surface area contributed by atoms with Crippen LogP contribution in [0.5, 0.6) is 0 Å². The highest BCUT2D eigenvalue weighted by Gasteiger charge is 2.08. The van der Waals surface area contributed by atoms with Gasteiger partial charge in [-0.3, -0.25) is 9.36 Å². The highest BCUT2D eigenvalue weighted by Crippen LogP contribution is 2.20. The molecule has 0 atom stereocenters. The van der Waals surface area contributed by atoms with E-state index in [1.807, 2.05) is 16.8 Å². The molecule has 2 rings (SSSR count). The van der Waals surface area contributed by atoms with Crippen LogP contribution in [0.15, 0.2) is 28.3 Å². The van der Waals surface area contributed by atoms with Crippen LogP contribution in [0.3, 0.4) is 0 Å². The van der Waals surface area contributed by atoms with Gasteiger partial charge in [0.05, 0.1) is 11.4 Å². The summed E-state index contributed by atoms with van der Waals surface area (Å²) in [4.78, 5) is 10.4. The van der Waals surface area contributed by atoms with Crippen LogP contribution in [0.4, 0.5) is 0 Å². The van der Waals surface area contributed by atoms with Gasteiger partial charge < -0.3 is 5.11 Å². The van der Waals surface area contributed by atoms with E-state index in [9.17, 15) is 4.79 Å². The van der Waals surface area contributed by atoms with Crippen LogP contribution in [-0.2, 0) is 4.79 Å². The molecular weight excluding hydrogens is 234 g/mol. The number of carbonyl (C=O) groups is 1. The Morgan fingerprint density at radius 3 is 3.20 bits per heavy atom. The smallest absolute Gasteiger partial charge is 0.313 e. The van der Waals surface area contributed by atoms with Gasteiger partial charge in [-0.05, 0) is 11.4 Å². The Balaban J connectivity index is 2.19. The minimum absolute atomic E-state index is 0.0111. The van der Waals surface area contributed by atoms with Gasteiger partial charge in [0.1, 0.15) is 6.33 Å². The number of carboxylic acids is 1. The second-order valence-corrected chi connectivity index (χ2v) is 4.37. The first-order chi connectivity index (χ1) is 7.27. The van der Waals surface area contributed by atoms with Crippen LogP contribution in [0.25, 0.3) is 5.69 Å². The van der Waals surface area contributed by atoms with Gasteiger partial charge in [-0.1, -0.05) is 11.8 Å². The molecule has 5 nitrogen and oxygen atoms in total. The molecule has 2 heterocycles. The number of carboxylic acid groups (broad SMARTS) is 1. The van der Waals surface area contributed by atoms with E-state index >= 15 is 0 Å². The SMILES string of the molecule is O=C(O)CSc1nncn1-c1ccsc1. The molecule has 0 saturated carbocycles. The van der Waals surface area contributed by atoms with Gasteiger partial charge >= 0.3 is 5.97 Å². The zero-order valence-corrected chi connectivity index (χ0v) is 9.16. The van der Waals surface area contributed by atoms with E-state index in [0.29, 0.717) is 5.16 Å². The molecule has 0 aromatic carbocycles. The number of aliphatic carboxylic acids is 1. The van der Waals surface area contributed by atoms with E-state index < -0.39 is 5.97 Å². The summed E-state index contributed by atoms with van der Waals surface area (Å²) >= 11 is 2.72. The second-order valence-electron chi connectivity index (χ2n) is 2.65. The first-order valence-corrected chi connectivity index (χ1v) is 5.97. The fourth-order valence-electron chi connectivity index (χ4n) is 1.02. The van der Waals surface area contributed by atoms with E-state index in [4.69, 9.17) is 5.11 Å². The molecule has 0 aliphatic heterocycles. The fraction of sp³-hybridized carbons (Fsp3) is 0.125. The van der Waals surface area contributed by atoms with E-state index in [0.717, 1.165) is 17.4 Å². The third-order valence-corrected chi connectivity index (χ3v) is 3.22. The van der Waals surface area contributed by atoms with Crippen molar-refractivity contribution in [2.75, 3.05) is 5.75 Å². The summed E-state index contributed by atoms with van der Waals surface area (Å²) in [6.45, 7) is 0. The lowest BCUT2D eigenvalue weighted by Crippen LogP contribution is -2.00. The largest absolute Gasteiger partial charge is 0.481 e. The predicted molar refractivity (Wildman–Crippen MR) is 57.6 cm³/mol. The van der Waals surface area contributed by atoms with Crippen LogP contribution in [0.1, 0.15) is 0 Å². The molecular formula is C8H7N3O2S2. The highest BCUT2D eigenvalue weighted by atomic mass is 32.2. The van der Waals surface area contributed by atoms with Crippen LogP contribution < -0.4 is 0 Å². The van der Waals surface area contributed by atoms with Gasteiger partial charge in [0.2, 0.25) is 0 Å². The summed E-state index contributed by atoms with van der Waals surface area (Å²) in [5, 5.41) is 20.7. The molecule has 1 N–H and O–H groups in total. The average molecular weight is 241 g/mol. The summed E-state index contributed by atoms with van der Waals surface area (Å²) in [7, 11) is 0. The van der Waals surface area contributed by atoms with Crippen molar-refractivity contribution in [1.29, 1.82) is 0 Å². The topological polar surface area (TPSA) is 68.0 Å². The fourth-order valence-corrected chi connectivity index (χ4v) is 2.30. The van der Waals surface area contributed by atoms with Crippen molar-refractivity contribution in [3.63, 3.8) is 0 Å². The molecule has 7 heteroatoms. The molecule has 0 aliphatic carbocycles. The Kier molecular flexibility index (Phi) is 3.02. The van der Waals surface area contributed by atoms with Crippen molar-refractivity contribution in [3.8, 4) is 5.69 Å². The Labute approximate surface area is 93.8 Å². The van der Waals surface area contributed by atoms with Crippen molar-refractivity contribution in [3.05, 3.63) is 23.2 Å². The first kappa shape index (κ1) is 10.2. The quantitative estimate of drug-likeness (QED) is 0.822. The highest BCUT2D eigenvalue weighted by molar-refractivity contribution is 7.99. The zero-order valence-electron chi connectivity index (χ0n) is 7.53. The Bertz CT molecular complexity index is 452. The maximum atomic E-state index is 10.4. The molecule has 0 saturated heterocycles. The van der Waals surface area contributed by atoms with E-state index in [1.54, 1.807) is 22.2 Å². The third-order valence-electron chi connectivity index (χ3n) is 1.63. The second kappa shape index (κ2) is 4.45. The Morgan fingerprint density at radius 1 is 1.67 bits per heavy atom. The van der Waals surface area contributed by atoms with Gasteiger partial charge in [-0.25, -0.2) is 0 Å². The lowest BCUT2D eigenvalue weighted by atomic mass is 10.5. The lowest BCUT2D eigenvalue weighted by Gasteiger charge is -2.01. The minimum Gasteiger partial charge on any atom is -0.481 e. The number of hydrogen-bond donors (Lipinski definition) is 1. The van der Waals surface area contributed by atoms with Crippen molar-refractivity contribution < 1.29 is 9.90 Å². The van der Waals surface area contributed by atoms with Gasteiger partial charge in [0.15, 0.2) is 5.16 Å². The predicted octanol–water partition coefficient (Wildman–Crippen LogP) is 1.51. The third kappa shape index (κ3) is 2.37. The zero-order chi connectivity index (χ0) is 10.7. The molecule has 15 heavy (non-hydrogen) atoms. The molecule has 2 aromatic heterocycles. The monoisotopic (exact) mass is 241 g/mol. The Morgan fingerprint density at radius 2 is 2.53 bits per heavy atom. The van der Waals surface area contributed by atoms with Crippen LogP contribution in [0.2, 0.25) is 0 Å². The molecule has 0 amide bonds. The number of aromatic nitrogens is 3. The molecule has 0 spiro atoms. The lowest BCUT2D eigenvalue weighted by molar-refractivity contribution is -0.133. The van der Waals surface area contributed by atoms with Crippen molar-refractivity contribution in [1.82, 2.24) is 14.8 Å². The molecule has 2 aromatic rings. The number of thioether (sulfide) groups is 1. The number of nitrogens with zero attached hydrogens (tertiary/aromatic N) is 3. The molecule has 0 unspecified atom stereocenters. The maximum absolute atomic E-state index is 10.4. The van der Waals surface area contributed by atoms with Crippen molar-refractivity contribution >= 4 is 29.1 Å².